The number of anilines is 3. The molecule has 8 heteroatoms. The van der Waals surface area contributed by atoms with E-state index in [1.807, 2.05) is 84.6 Å². The SMILES string of the molecule is Cc1cn(-c2cccc(NC(=O)c3ccc(C)c(Nc4nc(-c5cccnc5)cs4)c3)c2)cn1. The number of aromatic nitrogens is 4. The number of thiazole rings is 1. The van der Waals surface area contributed by atoms with Gasteiger partial charge in [-0.1, -0.05) is 12.1 Å². The molecule has 2 N–H and O–H groups in total. The van der Waals surface area contributed by atoms with Crippen LogP contribution in [0.4, 0.5) is 16.5 Å². The van der Waals surface area contributed by atoms with Crippen LogP contribution in [0.15, 0.2) is 84.9 Å². The summed E-state index contributed by atoms with van der Waals surface area (Å²) in [6.45, 7) is 3.94. The van der Waals surface area contributed by atoms with Crippen LogP contribution in [-0.2, 0) is 0 Å². The number of amides is 1. The van der Waals surface area contributed by atoms with Crippen molar-refractivity contribution in [3.63, 3.8) is 0 Å². The molecule has 5 aromatic rings. The number of rotatable bonds is 6. The second kappa shape index (κ2) is 9.29. The number of hydrogen-bond acceptors (Lipinski definition) is 6. The molecule has 0 saturated heterocycles. The van der Waals surface area contributed by atoms with Crippen LogP contribution in [0.1, 0.15) is 21.6 Å². The Morgan fingerprint density at radius 2 is 1.97 bits per heavy atom. The molecule has 0 aliphatic heterocycles. The van der Waals surface area contributed by atoms with E-state index in [2.05, 4.69) is 25.6 Å². The van der Waals surface area contributed by atoms with E-state index in [0.717, 1.165) is 39.0 Å². The van der Waals surface area contributed by atoms with Crippen LogP contribution in [0, 0.1) is 13.8 Å². The van der Waals surface area contributed by atoms with Crippen molar-refractivity contribution < 1.29 is 4.79 Å². The summed E-state index contributed by atoms with van der Waals surface area (Å²) in [5.74, 6) is -0.183. The Bertz CT molecular complexity index is 1460. The van der Waals surface area contributed by atoms with E-state index in [1.54, 1.807) is 18.7 Å². The first-order valence-electron chi connectivity index (χ1n) is 10.7. The first kappa shape index (κ1) is 21.5. The lowest BCUT2D eigenvalue weighted by atomic mass is 10.1. The fourth-order valence-corrected chi connectivity index (χ4v) is 4.23. The lowest BCUT2D eigenvalue weighted by molar-refractivity contribution is 0.102. The first-order chi connectivity index (χ1) is 16.5. The minimum atomic E-state index is -0.183. The molecule has 1 amide bonds. The Balaban J connectivity index is 1.33. The van der Waals surface area contributed by atoms with Gasteiger partial charge in [-0.05, 0) is 61.9 Å². The highest BCUT2D eigenvalue weighted by Gasteiger charge is 2.11. The van der Waals surface area contributed by atoms with Crippen molar-refractivity contribution in [2.45, 2.75) is 13.8 Å². The molecule has 0 fully saturated rings. The molecule has 7 nitrogen and oxygen atoms in total. The third-order valence-electron chi connectivity index (χ3n) is 5.32. The third-order valence-corrected chi connectivity index (χ3v) is 6.07. The minimum Gasteiger partial charge on any atom is -0.331 e. The molecule has 0 atom stereocenters. The molecule has 0 radical (unpaired) electrons. The molecule has 0 aliphatic rings. The van der Waals surface area contributed by atoms with Gasteiger partial charge in [-0.25, -0.2) is 9.97 Å². The third kappa shape index (κ3) is 4.72. The van der Waals surface area contributed by atoms with Crippen LogP contribution in [0.3, 0.4) is 0 Å². The van der Waals surface area contributed by atoms with Gasteiger partial charge >= 0.3 is 0 Å². The number of benzene rings is 2. The Morgan fingerprint density at radius 3 is 2.76 bits per heavy atom. The van der Waals surface area contributed by atoms with Gasteiger partial charge in [0.15, 0.2) is 5.13 Å². The van der Waals surface area contributed by atoms with Gasteiger partial charge in [-0.3, -0.25) is 9.78 Å². The Labute approximate surface area is 201 Å². The summed E-state index contributed by atoms with van der Waals surface area (Å²) in [5.41, 5.74) is 6.81. The van der Waals surface area contributed by atoms with Crippen molar-refractivity contribution in [3.8, 4) is 16.9 Å². The highest BCUT2D eigenvalue weighted by molar-refractivity contribution is 7.14. The van der Waals surface area contributed by atoms with E-state index in [4.69, 9.17) is 0 Å². The zero-order valence-corrected chi connectivity index (χ0v) is 19.5. The maximum Gasteiger partial charge on any atom is 0.255 e. The van der Waals surface area contributed by atoms with Gasteiger partial charge in [0.25, 0.3) is 5.91 Å². The number of carbonyl (C=O) groups is 1. The molecule has 0 saturated carbocycles. The normalized spacial score (nSPS) is 10.8. The van der Waals surface area contributed by atoms with Gasteiger partial charge < -0.3 is 15.2 Å². The Kier molecular flexibility index (Phi) is 5.88. The highest BCUT2D eigenvalue weighted by atomic mass is 32.1. The summed E-state index contributed by atoms with van der Waals surface area (Å²) in [7, 11) is 0. The van der Waals surface area contributed by atoms with E-state index in [-0.39, 0.29) is 5.91 Å². The zero-order valence-electron chi connectivity index (χ0n) is 18.7. The maximum atomic E-state index is 13.0. The van der Waals surface area contributed by atoms with E-state index in [0.29, 0.717) is 11.3 Å². The molecule has 0 bridgehead atoms. The minimum absolute atomic E-state index is 0.183. The number of hydrogen-bond donors (Lipinski definition) is 2. The van der Waals surface area contributed by atoms with Crippen molar-refractivity contribution >= 4 is 33.8 Å². The molecule has 168 valence electrons. The monoisotopic (exact) mass is 466 g/mol. The van der Waals surface area contributed by atoms with Crippen molar-refractivity contribution in [1.29, 1.82) is 0 Å². The van der Waals surface area contributed by atoms with Crippen LogP contribution in [0.5, 0.6) is 0 Å². The molecule has 2 aromatic carbocycles. The molecule has 5 rings (SSSR count). The molecular weight excluding hydrogens is 444 g/mol. The summed E-state index contributed by atoms with van der Waals surface area (Å²) in [6, 6.07) is 17.1. The van der Waals surface area contributed by atoms with E-state index in [9.17, 15) is 4.79 Å². The molecule has 0 spiro atoms. The van der Waals surface area contributed by atoms with Crippen LogP contribution >= 0.6 is 11.3 Å². The molecule has 0 aliphatic carbocycles. The second-order valence-corrected chi connectivity index (χ2v) is 8.72. The van der Waals surface area contributed by atoms with Gasteiger partial charge in [-0.15, -0.1) is 11.3 Å². The predicted molar refractivity (Wildman–Crippen MR) is 136 cm³/mol. The first-order valence-corrected chi connectivity index (χ1v) is 11.6. The largest absolute Gasteiger partial charge is 0.331 e. The second-order valence-electron chi connectivity index (χ2n) is 7.86. The lowest BCUT2D eigenvalue weighted by Gasteiger charge is -2.11. The highest BCUT2D eigenvalue weighted by Crippen LogP contribution is 2.28. The standard InChI is InChI=1S/C26H22N6OS/c1-17-8-9-19(11-23(17)30-26-31-24(15-34-26)20-5-4-10-27-13-20)25(33)29-21-6-3-7-22(12-21)32-14-18(2)28-16-32/h3-16H,1-2H3,(H,29,33)(H,30,31). The van der Waals surface area contributed by atoms with Crippen molar-refractivity contribution in [2.24, 2.45) is 0 Å². The topological polar surface area (TPSA) is 84.7 Å². The summed E-state index contributed by atoms with van der Waals surface area (Å²) in [4.78, 5) is 26.1. The van der Waals surface area contributed by atoms with Crippen molar-refractivity contribution in [2.75, 3.05) is 10.6 Å². The smallest absolute Gasteiger partial charge is 0.255 e. The van der Waals surface area contributed by atoms with E-state index < -0.39 is 0 Å². The van der Waals surface area contributed by atoms with Crippen LogP contribution in [-0.4, -0.2) is 25.4 Å². The maximum absolute atomic E-state index is 13.0. The number of nitrogens with zero attached hydrogens (tertiary/aromatic N) is 4. The number of carbonyl (C=O) groups excluding carboxylic acids is 1. The van der Waals surface area contributed by atoms with E-state index >= 15 is 0 Å². The Hall–Kier alpha value is -4.30. The van der Waals surface area contributed by atoms with Crippen molar-refractivity contribution in [1.82, 2.24) is 19.5 Å². The summed E-state index contributed by atoms with van der Waals surface area (Å²) in [6.07, 6.45) is 7.23. The van der Waals surface area contributed by atoms with Gasteiger partial charge in [0.2, 0.25) is 0 Å². The fourth-order valence-electron chi connectivity index (χ4n) is 3.50. The van der Waals surface area contributed by atoms with Gasteiger partial charge in [0.05, 0.1) is 17.7 Å². The van der Waals surface area contributed by atoms with Crippen LogP contribution in [0.2, 0.25) is 0 Å². The zero-order chi connectivity index (χ0) is 23.5. The lowest BCUT2D eigenvalue weighted by Crippen LogP contribution is -2.12. The van der Waals surface area contributed by atoms with Crippen molar-refractivity contribution in [3.05, 3.63) is 102 Å². The average molecular weight is 467 g/mol. The molecule has 0 unspecified atom stereocenters. The fraction of sp³-hybridized carbons (Fsp3) is 0.0769. The summed E-state index contributed by atoms with van der Waals surface area (Å²) in [5, 5.41) is 9.08. The number of aryl methyl sites for hydroxylation is 2. The van der Waals surface area contributed by atoms with Gasteiger partial charge in [0.1, 0.15) is 0 Å². The number of nitrogens with one attached hydrogen (secondary N) is 2. The predicted octanol–water partition coefficient (Wildman–Crippen LogP) is 6.00. The quantitative estimate of drug-likeness (QED) is 0.320. The average Bonchev–Trinajstić information content (AvgIpc) is 3.50. The number of imidazole rings is 1. The summed E-state index contributed by atoms with van der Waals surface area (Å²) >= 11 is 1.51. The van der Waals surface area contributed by atoms with E-state index in [1.165, 1.54) is 11.3 Å². The van der Waals surface area contributed by atoms with Crippen LogP contribution in [0.25, 0.3) is 16.9 Å². The molecular formula is C26H22N6OS. The summed E-state index contributed by atoms with van der Waals surface area (Å²) < 4.78 is 1.92. The van der Waals surface area contributed by atoms with Crippen LogP contribution < -0.4 is 10.6 Å². The molecule has 34 heavy (non-hydrogen) atoms. The van der Waals surface area contributed by atoms with Gasteiger partial charge in [-0.2, -0.15) is 0 Å². The Morgan fingerprint density at radius 1 is 1.06 bits per heavy atom. The number of pyridine rings is 1. The van der Waals surface area contributed by atoms with Gasteiger partial charge in [0, 0.05) is 52.2 Å². The molecule has 3 aromatic heterocycles. The molecule has 3 heterocycles.